The summed E-state index contributed by atoms with van der Waals surface area (Å²) >= 11 is 0. The molecule has 2 aromatic carbocycles. The molecule has 0 spiro atoms. The Bertz CT molecular complexity index is 1220. The molecule has 0 aliphatic rings. The summed E-state index contributed by atoms with van der Waals surface area (Å²) in [6.45, 7) is 4.04. The zero-order chi connectivity index (χ0) is 23.8. The van der Waals surface area contributed by atoms with Crippen molar-refractivity contribution in [1.29, 1.82) is 0 Å². The molecule has 1 aromatic heterocycles. The first-order valence-electron chi connectivity index (χ1n) is 10.5. The van der Waals surface area contributed by atoms with E-state index in [1.54, 1.807) is 61.7 Å². The predicted octanol–water partition coefficient (Wildman–Crippen LogP) is 2.81. The minimum Gasteiger partial charge on any atom is -0.467 e. The second kappa shape index (κ2) is 10.9. The number of carbonyl (C=O) groups excluding carboxylic acids is 2. The van der Waals surface area contributed by atoms with Gasteiger partial charge in [-0.3, -0.25) is 9.59 Å². The minimum absolute atomic E-state index is 0.00653. The number of benzene rings is 2. The lowest BCUT2D eigenvalue weighted by atomic mass is 10.1. The third kappa shape index (κ3) is 7.03. The molecular formula is C24H27N3O5S. The van der Waals surface area contributed by atoms with Gasteiger partial charge in [0.05, 0.1) is 17.7 Å². The van der Waals surface area contributed by atoms with Gasteiger partial charge >= 0.3 is 0 Å². The lowest BCUT2D eigenvalue weighted by molar-refractivity contribution is -0.121. The fourth-order valence-corrected chi connectivity index (χ4v) is 4.53. The molecule has 0 saturated heterocycles. The number of carbonyl (C=O) groups is 2. The Morgan fingerprint density at radius 2 is 1.76 bits per heavy atom. The molecule has 3 aromatic rings. The first-order chi connectivity index (χ1) is 15.7. The predicted molar refractivity (Wildman–Crippen MR) is 124 cm³/mol. The van der Waals surface area contributed by atoms with Crippen LogP contribution >= 0.6 is 0 Å². The summed E-state index contributed by atoms with van der Waals surface area (Å²) in [5, 5.41) is 5.52. The average Bonchev–Trinajstić information content (AvgIpc) is 3.31. The van der Waals surface area contributed by atoms with Crippen LogP contribution < -0.4 is 15.4 Å². The number of rotatable bonds is 10. The lowest BCUT2D eigenvalue weighted by Gasteiger charge is -2.11. The Kier molecular flexibility index (Phi) is 8.02. The second-order valence-corrected chi connectivity index (χ2v) is 9.39. The molecule has 33 heavy (non-hydrogen) atoms. The highest BCUT2D eigenvalue weighted by molar-refractivity contribution is 7.89. The van der Waals surface area contributed by atoms with Gasteiger partial charge in [0.2, 0.25) is 15.9 Å². The summed E-state index contributed by atoms with van der Waals surface area (Å²) in [5.41, 5.74) is 2.71. The lowest BCUT2D eigenvalue weighted by Crippen LogP contribution is -2.31. The number of furan rings is 1. The largest absolute Gasteiger partial charge is 0.467 e. The van der Waals surface area contributed by atoms with Crippen LogP contribution in [0.25, 0.3) is 0 Å². The highest BCUT2D eigenvalue weighted by Gasteiger charge is 2.17. The monoisotopic (exact) mass is 469 g/mol. The third-order valence-electron chi connectivity index (χ3n) is 4.96. The van der Waals surface area contributed by atoms with Crippen molar-refractivity contribution in [2.75, 3.05) is 6.54 Å². The summed E-state index contributed by atoms with van der Waals surface area (Å²) in [7, 11) is -3.69. The molecule has 8 nitrogen and oxygen atoms in total. The molecule has 174 valence electrons. The van der Waals surface area contributed by atoms with Crippen molar-refractivity contribution in [2.45, 2.75) is 38.3 Å². The molecule has 2 amide bonds. The third-order valence-corrected chi connectivity index (χ3v) is 6.56. The van der Waals surface area contributed by atoms with Gasteiger partial charge in [0.15, 0.2) is 0 Å². The molecular weight excluding hydrogens is 442 g/mol. The van der Waals surface area contributed by atoms with Crippen molar-refractivity contribution >= 4 is 21.8 Å². The van der Waals surface area contributed by atoms with E-state index >= 15 is 0 Å². The van der Waals surface area contributed by atoms with Gasteiger partial charge in [0.1, 0.15) is 5.76 Å². The van der Waals surface area contributed by atoms with Crippen LogP contribution in [-0.4, -0.2) is 26.8 Å². The van der Waals surface area contributed by atoms with Gasteiger partial charge in [-0.2, -0.15) is 0 Å². The fourth-order valence-electron chi connectivity index (χ4n) is 3.17. The van der Waals surface area contributed by atoms with Crippen LogP contribution in [0.5, 0.6) is 0 Å². The van der Waals surface area contributed by atoms with Crippen molar-refractivity contribution in [3.05, 3.63) is 88.9 Å². The number of sulfonamides is 1. The van der Waals surface area contributed by atoms with E-state index in [9.17, 15) is 18.0 Å². The van der Waals surface area contributed by atoms with Crippen LogP contribution in [-0.2, 0) is 27.9 Å². The molecule has 0 aliphatic heterocycles. The van der Waals surface area contributed by atoms with Gasteiger partial charge < -0.3 is 15.1 Å². The maximum absolute atomic E-state index is 12.5. The van der Waals surface area contributed by atoms with E-state index in [2.05, 4.69) is 15.4 Å². The minimum atomic E-state index is -3.69. The summed E-state index contributed by atoms with van der Waals surface area (Å²) in [4.78, 5) is 24.7. The summed E-state index contributed by atoms with van der Waals surface area (Å²) in [6.07, 6.45) is 1.53. The van der Waals surface area contributed by atoms with Gasteiger partial charge in [-0.1, -0.05) is 24.3 Å². The van der Waals surface area contributed by atoms with Crippen molar-refractivity contribution < 1.29 is 22.4 Å². The fraction of sp³-hybridized carbons (Fsp3) is 0.250. The van der Waals surface area contributed by atoms with Crippen LogP contribution in [0.2, 0.25) is 0 Å². The topological polar surface area (TPSA) is 118 Å². The van der Waals surface area contributed by atoms with Crippen LogP contribution in [0.4, 0.5) is 0 Å². The number of hydrogen-bond acceptors (Lipinski definition) is 5. The number of nitrogens with one attached hydrogen (secondary N) is 3. The van der Waals surface area contributed by atoms with Gasteiger partial charge in [0.25, 0.3) is 5.91 Å². The zero-order valence-electron chi connectivity index (χ0n) is 18.6. The zero-order valence-corrected chi connectivity index (χ0v) is 19.4. The van der Waals surface area contributed by atoms with E-state index in [1.807, 2.05) is 13.0 Å². The molecule has 0 saturated carbocycles. The van der Waals surface area contributed by atoms with Crippen molar-refractivity contribution in [3.8, 4) is 0 Å². The van der Waals surface area contributed by atoms with Crippen LogP contribution in [0.3, 0.4) is 0 Å². The van der Waals surface area contributed by atoms with E-state index in [1.165, 1.54) is 0 Å². The van der Waals surface area contributed by atoms with Crippen molar-refractivity contribution in [3.63, 3.8) is 0 Å². The molecule has 1 heterocycles. The van der Waals surface area contributed by atoms with Crippen LogP contribution in [0, 0.1) is 13.8 Å². The normalized spacial score (nSPS) is 11.2. The number of amides is 2. The molecule has 0 unspecified atom stereocenters. The summed E-state index contributed by atoms with van der Waals surface area (Å²) < 4.78 is 32.7. The maximum atomic E-state index is 12.5. The molecule has 0 fully saturated rings. The van der Waals surface area contributed by atoms with E-state index in [0.717, 1.165) is 11.1 Å². The molecule has 0 atom stereocenters. The first-order valence-corrected chi connectivity index (χ1v) is 12.0. The molecule has 0 aliphatic carbocycles. The maximum Gasteiger partial charge on any atom is 0.251 e. The molecule has 0 radical (unpaired) electrons. The second-order valence-electron chi connectivity index (χ2n) is 7.66. The number of hydrogen-bond donors (Lipinski definition) is 3. The van der Waals surface area contributed by atoms with Gasteiger partial charge in [-0.05, 0) is 60.9 Å². The van der Waals surface area contributed by atoms with E-state index in [4.69, 9.17) is 4.42 Å². The summed E-state index contributed by atoms with van der Waals surface area (Å²) in [6, 6.07) is 15.6. The Labute approximate surface area is 193 Å². The number of aryl methyl sites for hydroxylation is 2. The smallest absolute Gasteiger partial charge is 0.251 e. The molecule has 0 bridgehead atoms. The summed E-state index contributed by atoms with van der Waals surface area (Å²) in [5.74, 6) is 0.103. The van der Waals surface area contributed by atoms with Crippen molar-refractivity contribution in [1.82, 2.24) is 15.4 Å². The van der Waals surface area contributed by atoms with Gasteiger partial charge in [-0.25, -0.2) is 13.1 Å². The van der Waals surface area contributed by atoms with Crippen LogP contribution in [0.1, 0.15) is 39.2 Å². The Balaban J connectivity index is 1.46. The quantitative estimate of drug-likeness (QED) is 0.422. The van der Waals surface area contributed by atoms with E-state index in [-0.39, 0.29) is 42.8 Å². The Hall–Kier alpha value is -3.43. The van der Waals surface area contributed by atoms with Gasteiger partial charge in [0, 0.05) is 25.1 Å². The van der Waals surface area contributed by atoms with E-state index in [0.29, 0.717) is 16.9 Å². The van der Waals surface area contributed by atoms with Crippen LogP contribution in [0.15, 0.2) is 70.2 Å². The Morgan fingerprint density at radius 1 is 0.939 bits per heavy atom. The highest BCUT2D eigenvalue weighted by Crippen LogP contribution is 2.16. The molecule has 3 N–H and O–H groups in total. The highest BCUT2D eigenvalue weighted by atomic mass is 32.2. The van der Waals surface area contributed by atoms with E-state index < -0.39 is 10.0 Å². The SMILES string of the molecule is Cc1ccc(C)c(S(=O)(=O)NCCC(=O)NCc2cccc(C(=O)NCc3ccco3)c2)c1. The molecule has 9 heteroatoms. The van der Waals surface area contributed by atoms with Gasteiger partial charge in [-0.15, -0.1) is 0 Å². The Morgan fingerprint density at radius 3 is 2.52 bits per heavy atom. The van der Waals surface area contributed by atoms with Crippen molar-refractivity contribution in [2.24, 2.45) is 0 Å². The first kappa shape index (κ1) is 24.2. The standard InChI is InChI=1S/C24H27N3O5S/c1-17-8-9-18(2)22(13-17)33(30,31)27-11-10-23(28)25-15-19-5-3-6-20(14-19)24(29)26-16-21-7-4-12-32-21/h3-9,12-14,27H,10-11,15-16H2,1-2H3,(H,25,28)(H,26,29). The average molecular weight is 470 g/mol. The molecule has 3 rings (SSSR count).